The molecule has 2 rings (SSSR count). The molecule has 1 heterocycles. The Morgan fingerprint density at radius 2 is 1.88 bits per heavy atom. The molecule has 1 aromatic carbocycles. The number of hydrogen-bond donors (Lipinski definition) is 1. The van der Waals surface area contributed by atoms with E-state index in [1.807, 2.05) is 5.38 Å². The number of sulfonamides is 1. The summed E-state index contributed by atoms with van der Waals surface area (Å²) >= 11 is 1.35. The minimum atomic E-state index is -3.61. The van der Waals surface area contributed by atoms with Crippen LogP contribution in [0.25, 0.3) is 0 Å². The molecular formula is C18H25N3O3S2. The Kier molecular flexibility index (Phi) is 6.21. The lowest BCUT2D eigenvalue weighted by atomic mass is 9.93. The summed E-state index contributed by atoms with van der Waals surface area (Å²) < 4.78 is 26.6. The molecule has 1 N–H and O–H groups in total. The van der Waals surface area contributed by atoms with Gasteiger partial charge in [0.25, 0.3) is 5.91 Å². The molecule has 26 heavy (non-hydrogen) atoms. The third-order valence-corrected chi connectivity index (χ3v) is 6.74. The predicted molar refractivity (Wildman–Crippen MR) is 105 cm³/mol. The first kappa shape index (κ1) is 20.5. The van der Waals surface area contributed by atoms with Gasteiger partial charge in [0, 0.05) is 29.4 Å². The minimum absolute atomic E-state index is 0.1000. The number of carbonyl (C=O) groups is 1. The molecule has 0 saturated heterocycles. The van der Waals surface area contributed by atoms with Crippen LogP contribution in [0.2, 0.25) is 0 Å². The zero-order valence-electron chi connectivity index (χ0n) is 15.7. The van der Waals surface area contributed by atoms with Crippen molar-refractivity contribution in [3.8, 4) is 0 Å². The highest BCUT2D eigenvalue weighted by atomic mass is 32.2. The summed E-state index contributed by atoms with van der Waals surface area (Å²) in [5, 5.41) is 5.16. The summed E-state index contributed by atoms with van der Waals surface area (Å²) in [7, 11) is -3.61. The van der Waals surface area contributed by atoms with Gasteiger partial charge < -0.3 is 0 Å². The third-order valence-electron chi connectivity index (χ3n) is 3.93. The zero-order valence-corrected chi connectivity index (χ0v) is 17.4. The zero-order chi connectivity index (χ0) is 19.5. The number of carbonyl (C=O) groups excluding carboxylic acids is 1. The molecule has 0 aliphatic carbocycles. The van der Waals surface area contributed by atoms with Crippen molar-refractivity contribution in [2.24, 2.45) is 0 Å². The SMILES string of the molecule is CCN(CC)S(=O)(=O)c1cccc(C(=O)Nc2nc(C(C)(C)C)cs2)c1. The Bertz CT molecular complexity index is 879. The van der Waals surface area contributed by atoms with Crippen LogP contribution >= 0.6 is 11.3 Å². The molecule has 0 aliphatic heterocycles. The lowest BCUT2D eigenvalue weighted by molar-refractivity contribution is 0.102. The number of nitrogens with zero attached hydrogens (tertiary/aromatic N) is 2. The van der Waals surface area contributed by atoms with E-state index < -0.39 is 10.0 Å². The van der Waals surface area contributed by atoms with Crippen molar-refractivity contribution in [1.29, 1.82) is 0 Å². The van der Waals surface area contributed by atoms with Gasteiger partial charge in [-0.2, -0.15) is 4.31 Å². The van der Waals surface area contributed by atoms with Gasteiger partial charge in [-0.3, -0.25) is 10.1 Å². The normalized spacial score (nSPS) is 12.4. The number of amides is 1. The molecule has 0 fully saturated rings. The molecule has 2 aromatic rings. The average Bonchev–Trinajstić information content (AvgIpc) is 3.04. The maximum Gasteiger partial charge on any atom is 0.257 e. The van der Waals surface area contributed by atoms with E-state index in [0.29, 0.717) is 18.2 Å². The van der Waals surface area contributed by atoms with E-state index >= 15 is 0 Å². The van der Waals surface area contributed by atoms with Crippen LogP contribution in [-0.2, 0) is 15.4 Å². The lowest BCUT2D eigenvalue weighted by Gasteiger charge is -2.18. The fraction of sp³-hybridized carbons (Fsp3) is 0.444. The van der Waals surface area contributed by atoms with Gasteiger partial charge >= 0.3 is 0 Å². The molecule has 0 radical (unpaired) electrons. The summed E-state index contributed by atoms with van der Waals surface area (Å²) in [6.45, 7) is 10.5. The van der Waals surface area contributed by atoms with Crippen molar-refractivity contribution < 1.29 is 13.2 Å². The van der Waals surface area contributed by atoms with Crippen LogP contribution in [-0.4, -0.2) is 36.7 Å². The van der Waals surface area contributed by atoms with Crippen molar-refractivity contribution in [3.63, 3.8) is 0 Å². The van der Waals surface area contributed by atoms with Gasteiger partial charge in [0.1, 0.15) is 0 Å². The highest BCUT2D eigenvalue weighted by molar-refractivity contribution is 7.89. The van der Waals surface area contributed by atoms with E-state index in [1.54, 1.807) is 26.0 Å². The van der Waals surface area contributed by atoms with E-state index in [-0.39, 0.29) is 21.8 Å². The number of rotatable bonds is 6. The van der Waals surface area contributed by atoms with Crippen LogP contribution in [0.15, 0.2) is 34.5 Å². The van der Waals surface area contributed by atoms with Crippen LogP contribution in [0.5, 0.6) is 0 Å². The Balaban J connectivity index is 2.24. The van der Waals surface area contributed by atoms with Crippen molar-refractivity contribution in [2.75, 3.05) is 18.4 Å². The van der Waals surface area contributed by atoms with Crippen LogP contribution < -0.4 is 5.32 Å². The topological polar surface area (TPSA) is 79.4 Å². The lowest BCUT2D eigenvalue weighted by Crippen LogP contribution is -2.30. The maximum atomic E-state index is 12.6. The van der Waals surface area contributed by atoms with E-state index in [1.165, 1.54) is 27.8 Å². The van der Waals surface area contributed by atoms with Crippen molar-refractivity contribution in [3.05, 3.63) is 40.9 Å². The largest absolute Gasteiger partial charge is 0.298 e. The van der Waals surface area contributed by atoms with E-state index in [0.717, 1.165) is 5.69 Å². The van der Waals surface area contributed by atoms with Crippen LogP contribution in [0.4, 0.5) is 5.13 Å². The highest BCUT2D eigenvalue weighted by Gasteiger charge is 2.23. The molecule has 8 heteroatoms. The Morgan fingerprint density at radius 3 is 2.42 bits per heavy atom. The first-order valence-electron chi connectivity index (χ1n) is 8.47. The van der Waals surface area contributed by atoms with Gasteiger partial charge in [-0.05, 0) is 18.2 Å². The van der Waals surface area contributed by atoms with Gasteiger partial charge in [0.2, 0.25) is 10.0 Å². The Labute approximate surface area is 159 Å². The highest BCUT2D eigenvalue weighted by Crippen LogP contribution is 2.26. The predicted octanol–water partition coefficient (Wildman–Crippen LogP) is 3.72. The van der Waals surface area contributed by atoms with E-state index in [4.69, 9.17) is 0 Å². The molecular weight excluding hydrogens is 370 g/mol. The third kappa shape index (κ3) is 4.49. The van der Waals surface area contributed by atoms with Crippen LogP contribution in [0, 0.1) is 0 Å². The van der Waals surface area contributed by atoms with Gasteiger partial charge in [-0.15, -0.1) is 11.3 Å². The second-order valence-electron chi connectivity index (χ2n) is 6.86. The maximum absolute atomic E-state index is 12.6. The van der Waals surface area contributed by atoms with Gasteiger partial charge in [0.05, 0.1) is 10.6 Å². The van der Waals surface area contributed by atoms with Crippen molar-refractivity contribution in [2.45, 2.75) is 44.9 Å². The van der Waals surface area contributed by atoms with Gasteiger partial charge in [0.15, 0.2) is 5.13 Å². The van der Waals surface area contributed by atoms with Gasteiger partial charge in [-0.1, -0.05) is 40.7 Å². The van der Waals surface area contributed by atoms with Crippen LogP contribution in [0.3, 0.4) is 0 Å². The number of benzene rings is 1. The molecule has 0 unspecified atom stereocenters. The van der Waals surface area contributed by atoms with E-state index in [2.05, 4.69) is 31.1 Å². The molecule has 1 amide bonds. The molecule has 142 valence electrons. The molecule has 0 bridgehead atoms. The number of nitrogens with one attached hydrogen (secondary N) is 1. The summed E-state index contributed by atoms with van der Waals surface area (Å²) in [4.78, 5) is 17.1. The Morgan fingerprint density at radius 1 is 1.23 bits per heavy atom. The smallest absolute Gasteiger partial charge is 0.257 e. The molecule has 6 nitrogen and oxygen atoms in total. The standard InChI is InChI=1S/C18H25N3O3S2/c1-6-21(7-2)26(23,24)14-10-8-9-13(11-14)16(22)20-17-19-15(12-25-17)18(3,4)5/h8-12H,6-7H2,1-5H3,(H,19,20,22). The van der Waals surface area contributed by atoms with Crippen molar-refractivity contribution in [1.82, 2.24) is 9.29 Å². The quantitative estimate of drug-likeness (QED) is 0.808. The van der Waals surface area contributed by atoms with E-state index in [9.17, 15) is 13.2 Å². The Hall–Kier alpha value is -1.77. The number of hydrogen-bond acceptors (Lipinski definition) is 5. The second-order valence-corrected chi connectivity index (χ2v) is 9.66. The number of thiazole rings is 1. The molecule has 0 atom stereocenters. The molecule has 0 spiro atoms. The minimum Gasteiger partial charge on any atom is -0.298 e. The monoisotopic (exact) mass is 395 g/mol. The summed E-state index contributed by atoms with van der Waals surface area (Å²) in [6, 6.07) is 6.08. The molecule has 0 aliphatic rings. The number of anilines is 1. The summed E-state index contributed by atoms with van der Waals surface area (Å²) in [5.74, 6) is -0.378. The summed E-state index contributed by atoms with van der Waals surface area (Å²) in [5.41, 5.74) is 1.08. The second kappa shape index (κ2) is 7.85. The number of aromatic nitrogens is 1. The van der Waals surface area contributed by atoms with Gasteiger partial charge in [-0.25, -0.2) is 13.4 Å². The first-order valence-corrected chi connectivity index (χ1v) is 10.8. The fourth-order valence-corrected chi connectivity index (χ4v) is 4.79. The molecule has 1 aromatic heterocycles. The van der Waals surface area contributed by atoms with Crippen LogP contribution in [0.1, 0.15) is 50.7 Å². The fourth-order valence-electron chi connectivity index (χ4n) is 2.36. The summed E-state index contributed by atoms with van der Waals surface area (Å²) in [6.07, 6.45) is 0. The first-order chi connectivity index (χ1) is 12.1. The van der Waals surface area contributed by atoms with Crippen molar-refractivity contribution >= 4 is 32.4 Å². The molecule has 0 saturated carbocycles. The average molecular weight is 396 g/mol.